The molecule has 0 spiro atoms. The first-order valence-corrected chi connectivity index (χ1v) is 6.17. The SMILES string of the molecule is COc1ccc(F)cc1C(C)NC(=O)c1ccccn1. The minimum Gasteiger partial charge on any atom is -0.496 e. The average Bonchev–Trinajstić information content (AvgIpc) is 2.48. The Bertz CT molecular complexity index is 602. The molecule has 1 heterocycles. The Morgan fingerprint density at radius 2 is 2.15 bits per heavy atom. The van der Waals surface area contributed by atoms with Crippen molar-refractivity contribution in [2.24, 2.45) is 0 Å². The summed E-state index contributed by atoms with van der Waals surface area (Å²) in [6.07, 6.45) is 1.54. The number of benzene rings is 1. The van der Waals surface area contributed by atoms with Gasteiger partial charge >= 0.3 is 0 Å². The third-order valence-corrected chi connectivity index (χ3v) is 2.90. The van der Waals surface area contributed by atoms with Crippen LogP contribution in [0.15, 0.2) is 42.6 Å². The van der Waals surface area contributed by atoms with Gasteiger partial charge in [0.05, 0.1) is 13.2 Å². The highest BCUT2D eigenvalue weighted by molar-refractivity contribution is 5.92. The highest BCUT2D eigenvalue weighted by atomic mass is 19.1. The number of hydrogen-bond acceptors (Lipinski definition) is 3. The monoisotopic (exact) mass is 274 g/mol. The summed E-state index contributed by atoms with van der Waals surface area (Å²) >= 11 is 0. The third-order valence-electron chi connectivity index (χ3n) is 2.90. The van der Waals surface area contributed by atoms with Crippen LogP contribution in [0.3, 0.4) is 0 Å². The van der Waals surface area contributed by atoms with Gasteiger partial charge in [-0.25, -0.2) is 4.39 Å². The zero-order valence-corrected chi connectivity index (χ0v) is 11.3. The maximum Gasteiger partial charge on any atom is 0.270 e. The van der Waals surface area contributed by atoms with E-state index < -0.39 is 6.04 Å². The van der Waals surface area contributed by atoms with Gasteiger partial charge in [0, 0.05) is 11.8 Å². The number of nitrogens with one attached hydrogen (secondary N) is 1. The van der Waals surface area contributed by atoms with E-state index in [9.17, 15) is 9.18 Å². The van der Waals surface area contributed by atoms with Crippen molar-refractivity contribution in [1.82, 2.24) is 10.3 Å². The van der Waals surface area contributed by atoms with Gasteiger partial charge in [-0.15, -0.1) is 0 Å². The second-order valence-corrected chi connectivity index (χ2v) is 4.30. The molecule has 2 rings (SSSR count). The van der Waals surface area contributed by atoms with Crippen LogP contribution in [-0.2, 0) is 0 Å². The van der Waals surface area contributed by atoms with Crippen LogP contribution in [0.4, 0.5) is 4.39 Å². The van der Waals surface area contributed by atoms with Crippen molar-refractivity contribution in [1.29, 1.82) is 0 Å². The molecule has 0 fully saturated rings. The molecule has 0 aliphatic rings. The minimum absolute atomic E-state index is 0.315. The van der Waals surface area contributed by atoms with Gasteiger partial charge in [0.25, 0.3) is 5.91 Å². The lowest BCUT2D eigenvalue weighted by atomic mass is 10.1. The fourth-order valence-electron chi connectivity index (χ4n) is 1.89. The number of nitrogens with zero attached hydrogens (tertiary/aromatic N) is 1. The molecule has 0 aliphatic heterocycles. The number of amides is 1. The molecule has 0 radical (unpaired) electrons. The molecule has 104 valence electrons. The topological polar surface area (TPSA) is 51.2 Å². The number of carbonyl (C=O) groups excluding carboxylic acids is 1. The summed E-state index contributed by atoms with van der Waals surface area (Å²) < 4.78 is 18.5. The summed E-state index contributed by atoms with van der Waals surface area (Å²) in [6, 6.07) is 8.89. The standard InChI is InChI=1S/C15H15FN2O2/c1-10(12-9-11(16)6-7-14(12)20-2)18-15(19)13-5-3-4-8-17-13/h3-10H,1-2H3,(H,18,19). The van der Waals surface area contributed by atoms with E-state index in [2.05, 4.69) is 10.3 Å². The Hall–Kier alpha value is -2.43. The lowest BCUT2D eigenvalue weighted by Gasteiger charge is -2.17. The van der Waals surface area contributed by atoms with E-state index in [1.54, 1.807) is 31.3 Å². The highest BCUT2D eigenvalue weighted by Gasteiger charge is 2.16. The Morgan fingerprint density at radius 1 is 1.35 bits per heavy atom. The molecule has 20 heavy (non-hydrogen) atoms. The van der Waals surface area contributed by atoms with Crippen molar-refractivity contribution >= 4 is 5.91 Å². The van der Waals surface area contributed by atoms with Crippen molar-refractivity contribution in [3.05, 3.63) is 59.7 Å². The molecule has 1 aromatic heterocycles. The van der Waals surface area contributed by atoms with E-state index in [0.717, 1.165) is 0 Å². The van der Waals surface area contributed by atoms with Gasteiger partial charge in [0.15, 0.2) is 0 Å². The fourth-order valence-corrected chi connectivity index (χ4v) is 1.89. The van der Waals surface area contributed by atoms with Crippen molar-refractivity contribution in [3.63, 3.8) is 0 Å². The quantitative estimate of drug-likeness (QED) is 0.932. The van der Waals surface area contributed by atoms with Gasteiger partial charge in [-0.2, -0.15) is 0 Å². The Labute approximate surface area is 116 Å². The zero-order chi connectivity index (χ0) is 14.5. The van der Waals surface area contributed by atoms with Crippen molar-refractivity contribution < 1.29 is 13.9 Å². The molecule has 5 heteroatoms. The maximum absolute atomic E-state index is 13.3. The van der Waals surface area contributed by atoms with E-state index in [1.165, 1.54) is 25.3 Å². The zero-order valence-electron chi connectivity index (χ0n) is 11.3. The van der Waals surface area contributed by atoms with Gasteiger partial charge in [-0.05, 0) is 37.3 Å². The lowest BCUT2D eigenvalue weighted by Crippen LogP contribution is -2.27. The Balaban J connectivity index is 2.18. The molecular weight excluding hydrogens is 259 g/mol. The predicted molar refractivity (Wildman–Crippen MR) is 73.1 cm³/mol. The first kappa shape index (κ1) is 14.0. The third kappa shape index (κ3) is 3.12. The summed E-state index contributed by atoms with van der Waals surface area (Å²) in [5.74, 6) is -0.163. The first-order chi connectivity index (χ1) is 9.61. The van der Waals surface area contributed by atoms with Crippen LogP contribution < -0.4 is 10.1 Å². The normalized spacial score (nSPS) is 11.8. The maximum atomic E-state index is 13.3. The minimum atomic E-state index is -0.393. The molecule has 2 aromatic rings. The summed E-state index contributed by atoms with van der Waals surface area (Å²) in [6.45, 7) is 1.76. The van der Waals surface area contributed by atoms with E-state index in [-0.39, 0.29) is 11.7 Å². The molecule has 4 nitrogen and oxygen atoms in total. The smallest absolute Gasteiger partial charge is 0.270 e. The summed E-state index contributed by atoms with van der Waals surface area (Å²) in [5, 5.41) is 2.77. The van der Waals surface area contributed by atoms with E-state index in [4.69, 9.17) is 4.74 Å². The largest absolute Gasteiger partial charge is 0.496 e. The van der Waals surface area contributed by atoms with E-state index >= 15 is 0 Å². The molecule has 1 unspecified atom stereocenters. The van der Waals surface area contributed by atoms with Crippen LogP contribution in [0.1, 0.15) is 29.0 Å². The van der Waals surface area contributed by atoms with Crippen molar-refractivity contribution in [2.45, 2.75) is 13.0 Å². The first-order valence-electron chi connectivity index (χ1n) is 6.17. The van der Waals surface area contributed by atoms with Gasteiger partial charge in [0.1, 0.15) is 17.3 Å². The highest BCUT2D eigenvalue weighted by Crippen LogP contribution is 2.25. The van der Waals surface area contributed by atoms with Crippen LogP contribution in [0, 0.1) is 5.82 Å². The molecule has 1 N–H and O–H groups in total. The number of rotatable bonds is 4. The number of pyridine rings is 1. The second kappa shape index (κ2) is 6.14. The Kier molecular flexibility index (Phi) is 4.30. The molecule has 0 saturated heterocycles. The lowest BCUT2D eigenvalue weighted by molar-refractivity contribution is 0.0934. The number of halogens is 1. The van der Waals surface area contributed by atoms with E-state index in [0.29, 0.717) is 17.0 Å². The average molecular weight is 274 g/mol. The van der Waals surface area contributed by atoms with Gasteiger partial charge < -0.3 is 10.1 Å². The predicted octanol–water partition coefficient (Wildman–Crippen LogP) is 2.72. The van der Waals surface area contributed by atoms with E-state index in [1.807, 2.05) is 0 Å². The molecule has 0 saturated carbocycles. The van der Waals surface area contributed by atoms with Crippen LogP contribution in [0.5, 0.6) is 5.75 Å². The molecular formula is C15H15FN2O2. The van der Waals surface area contributed by atoms with Gasteiger partial charge in [-0.3, -0.25) is 9.78 Å². The summed E-state index contributed by atoms with van der Waals surface area (Å²) in [7, 11) is 1.50. The number of methoxy groups -OCH3 is 1. The van der Waals surface area contributed by atoms with Crippen LogP contribution in [0.2, 0.25) is 0 Å². The molecule has 0 bridgehead atoms. The number of hydrogen-bond donors (Lipinski definition) is 1. The van der Waals surface area contributed by atoms with Crippen molar-refractivity contribution in [2.75, 3.05) is 7.11 Å². The van der Waals surface area contributed by atoms with Crippen LogP contribution in [0.25, 0.3) is 0 Å². The molecule has 0 aliphatic carbocycles. The number of aromatic nitrogens is 1. The summed E-state index contributed by atoms with van der Waals surface area (Å²) in [4.78, 5) is 16.0. The Morgan fingerprint density at radius 3 is 2.80 bits per heavy atom. The number of carbonyl (C=O) groups is 1. The fraction of sp³-hybridized carbons (Fsp3) is 0.200. The van der Waals surface area contributed by atoms with Crippen LogP contribution >= 0.6 is 0 Å². The molecule has 1 amide bonds. The van der Waals surface area contributed by atoms with Crippen LogP contribution in [-0.4, -0.2) is 18.0 Å². The molecule has 1 aromatic carbocycles. The second-order valence-electron chi connectivity index (χ2n) is 4.30. The molecule has 1 atom stereocenters. The summed E-state index contributed by atoms with van der Waals surface area (Å²) in [5.41, 5.74) is 0.895. The van der Waals surface area contributed by atoms with Crippen molar-refractivity contribution in [3.8, 4) is 5.75 Å². The number of ether oxygens (including phenoxy) is 1. The van der Waals surface area contributed by atoms with Gasteiger partial charge in [-0.1, -0.05) is 6.07 Å². The van der Waals surface area contributed by atoms with Gasteiger partial charge in [0.2, 0.25) is 0 Å².